The van der Waals surface area contributed by atoms with Crippen molar-refractivity contribution in [2.24, 2.45) is 0 Å². The smallest absolute Gasteiger partial charge is 0.157 e. The summed E-state index contributed by atoms with van der Waals surface area (Å²) in [7, 11) is 1.58. The summed E-state index contributed by atoms with van der Waals surface area (Å²) in [6.45, 7) is 0. The summed E-state index contributed by atoms with van der Waals surface area (Å²) >= 11 is 0. The molecule has 0 aliphatic heterocycles. The van der Waals surface area contributed by atoms with Gasteiger partial charge in [0, 0.05) is 20.0 Å². The molecule has 2 rings (SSSR count). The van der Waals surface area contributed by atoms with Crippen LogP contribution in [0.15, 0.2) is 36.4 Å². The van der Waals surface area contributed by atoms with Gasteiger partial charge in [0.05, 0.1) is 6.10 Å². The number of benzene rings is 2. The SMILES string of the molecule is COC(CCC(=O)CCc1ccc(O)c(O)c1)Cc1ccc(O)c(O)c1. The van der Waals surface area contributed by atoms with E-state index in [9.17, 15) is 25.2 Å². The highest BCUT2D eigenvalue weighted by Crippen LogP contribution is 2.27. The van der Waals surface area contributed by atoms with Crippen molar-refractivity contribution >= 4 is 5.78 Å². The van der Waals surface area contributed by atoms with Crippen molar-refractivity contribution in [2.75, 3.05) is 7.11 Å². The van der Waals surface area contributed by atoms with Crippen molar-refractivity contribution in [1.29, 1.82) is 0 Å². The van der Waals surface area contributed by atoms with Gasteiger partial charge in [-0.1, -0.05) is 12.1 Å². The molecule has 0 aliphatic rings. The standard InChI is InChI=1S/C20H24O6/c1-26-16(10-14-4-9-18(23)20(25)12-14)7-6-15(21)5-2-13-3-8-17(22)19(24)11-13/h3-4,8-9,11-12,16,22-25H,2,5-7,10H2,1H3. The first-order valence-corrected chi connectivity index (χ1v) is 8.45. The molecule has 2 aromatic rings. The average molecular weight is 360 g/mol. The fourth-order valence-corrected chi connectivity index (χ4v) is 2.72. The number of hydrogen-bond acceptors (Lipinski definition) is 6. The maximum atomic E-state index is 12.1. The Labute approximate surface area is 152 Å². The maximum Gasteiger partial charge on any atom is 0.157 e. The van der Waals surface area contributed by atoms with E-state index in [1.54, 1.807) is 19.2 Å². The minimum atomic E-state index is -0.188. The normalized spacial score (nSPS) is 12.0. The van der Waals surface area contributed by atoms with E-state index in [2.05, 4.69) is 0 Å². The Balaban J connectivity index is 1.80. The molecule has 0 radical (unpaired) electrons. The summed E-state index contributed by atoms with van der Waals surface area (Å²) in [5, 5.41) is 37.6. The molecule has 6 nitrogen and oxygen atoms in total. The number of aromatic hydroxyl groups is 4. The number of ketones is 1. The molecule has 4 N–H and O–H groups in total. The largest absolute Gasteiger partial charge is 0.504 e. The summed E-state index contributed by atoms with van der Waals surface area (Å²) in [6.07, 6.45) is 2.13. The van der Waals surface area contributed by atoms with Crippen LogP contribution in [0.4, 0.5) is 0 Å². The number of phenols is 4. The second-order valence-corrected chi connectivity index (χ2v) is 6.29. The summed E-state index contributed by atoms with van der Waals surface area (Å²) in [6, 6.07) is 9.16. The van der Waals surface area contributed by atoms with Crippen LogP contribution < -0.4 is 0 Å². The molecule has 140 valence electrons. The lowest BCUT2D eigenvalue weighted by Crippen LogP contribution is -2.16. The van der Waals surface area contributed by atoms with Gasteiger partial charge >= 0.3 is 0 Å². The van der Waals surface area contributed by atoms with E-state index in [1.165, 1.54) is 24.3 Å². The van der Waals surface area contributed by atoms with Crippen molar-refractivity contribution in [1.82, 2.24) is 0 Å². The van der Waals surface area contributed by atoms with Crippen molar-refractivity contribution in [3.63, 3.8) is 0 Å². The zero-order chi connectivity index (χ0) is 19.1. The third-order valence-corrected chi connectivity index (χ3v) is 4.31. The maximum absolute atomic E-state index is 12.1. The van der Waals surface area contributed by atoms with Crippen molar-refractivity contribution in [3.8, 4) is 23.0 Å². The molecule has 0 fully saturated rings. The third kappa shape index (κ3) is 5.67. The van der Waals surface area contributed by atoms with Crippen molar-refractivity contribution in [3.05, 3.63) is 47.5 Å². The monoisotopic (exact) mass is 360 g/mol. The lowest BCUT2D eigenvalue weighted by Gasteiger charge is -2.15. The molecule has 0 bridgehead atoms. The van der Waals surface area contributed by atoms with E-state index in [4.69, 9.17) is 4.74 Å². The third-order valence-electron chi connectivity index (χ3n) is 4.31. The van der Waals surface area contributed by atoms with Crippen LogP contribution in [0.1, 0.15) is 30.4 Å². The summed E-state index contributed by atoms with van der Waals surface area (Å²) in [5.41, 5.74) is 1.61. The van der Waals surface area contributed by atoms with Gasteiger partial charge in [-0.25, -0.2) is 0 Å². The molecule has 0 amide bonds. The van der Waals surface area contributed by atoms with Crippen LogP contribution in [-0.2, 0) is 22.4 Å². The van der Waals surface area contributed by atoms with Crippen LogP contribution in [0.5, 0.6) is 23.0 Å². The second kappa shape index (κ2) is 9.10. The molecular weight excluding hydrogens is 336 g/mol. The molecule has 0 spiro atoms. The molecule has 0 aromatic heterocycles. The molecule has 26 heavy (non-hydrogen) atoms. The van der Waals surface area contributed by atoms with Gasteiger partial charge < -0.3 is 25.2 Å². The number of ether oxygens (including phenoxy) is 1. The zero-order valence-electron chi connectivity index (χ0n) is 14.7. The van der Waals surface area contributed by atoms with Gasteiger partial charge in [0.2, 0.25) is 0 Å². The number of hydrogen-bond donors (Lipinski definition) is 4. The molecule has 0 saturated carbocycles. The van der Waals surface area contributed by atoms with Gasteiger partial charge in [-0.2, -0.15) is 0 Å². The summed E-state index contributed by atoms with van der Waals surface area (Å²) in [4.78, 5) is 12.1. The van der Waals surface area contributed by atoms with E-state index >= 15 is 0 Å². The number of phenolic OH excluding ortho intramolecular Hbond substituents is 4. The van der Waals surface area contributed by atoms with E-state index in [0.29, 0.717) is 32.1 Å². The number of rotatable bonds is 9. The van der Waals surface area contributed by atoms with Gasteiger partial charge in [0.15, 0.2) is 23.0 Å². The molecule has 0 saturated heterocycles. The van der Waals surface area contributed by atoms with Crippen molar-refractivity contribution < 1.29 is 30.0 Å². The minimum Gasteiger partial charge on any atom is -0.504 e. The van der Waals surface area contributed by atoms with Crippen LogP contribution >= 0.6 is 0 Å². The van der Waals surface area contributed by atoms with Crippen LogP contribution in [0, 0.1) is 0 Å². The number of carbonyl (C=O) groups is 1. The summed E-state index contributed by atoms with van der Waals surface area (Å²) in [5.74, 6) is -0.619. The highest BCUT2D eigenvalue weighted by Gasteiger charge is 2.13. The van der Waals surface area contributed by atoms with Crippen molar-refractivity contribution in [2.45, 2.75) is 38.2 Å². The van der Waals surface area contributed by atoms with E-state index in [1.807, 2.05) is 0 Å². The first kappa shape index (κ1) is 19.6. The average Bonchev–Trinajstić information content (AvgIpc) is 2.62. The zero-order valence-corrected chi connectivity index (χ0v) is 14.7. The Morgan fingerprint density at radius 2 is 1.46 bits per heavy atom. The first-order valence-electron chi connectivity index (χ1n) is 8.45. The Morgan fingerprint density at radius 3 is 2.04 bits per heavy atom. The molecule has 6 heteroatoms. The van der Waals surface area contributed by atoms with Crippen LogP contribution in [0.2, 0.25) is 0 Å². The predicted octanol–water partition coefficient (Wildman–Crippen LogP) is 3.05. The molecule has 2 aromatic carbocycles. The number of carbonyl (C=O) groups excluding carboxylic acids is 1. The van der Waals surface area contributed by atoms with Crippen LogP contribution in [0.25, 0.3) is 0 Å². The van der Waals surface area contributed by atoms with Crippen LogP contribution in [-0.4, -0.2) is 39.4 Å². The molecule has 1 unspecified atom stereocenters. The van der Waals surface area contributed by atoms with Gasteiger partial charge in [-0.05, 0) is 54.7 Å². The number of methoxy groups -OCH3 is 1. The highest BCUT2D eigenvalue weighted by atomic mass is 16.5. The van der Waals surface area contributed by atoms with Gasteiger partial charge in [-0.3, -0.25) is 4.79 Å². The van der Waals surface area contributed by atoms with Gasteiger partial charge in [-0.15, -0.1) is 0 Å². The van der Waals surface area contributed by atoms with Crippen LogP contribution in [0.3, 0.4) is 0 Å². The molecular formula is C20H24O6. The molecule has 0 heterocycles. The Bertz CT molecular complexity index is 756. The highest BCUT2D eigenvalue weighted by molar-refractivity contribution is 5.78. The first-order chi connectivity index (χ1) is 12.4. The predicted molar refractivity (Wildman–Crippen MR) is 96.6 cm³/mol. The lowest BCUT2D eigenvalue weighted by atomic mass is 10.00. The lowest BCUT2D eigenvalue weighted by molar-refractivity contribution is -0.119. The fourth-order valence-electron chi connectivity index (χ4n) is 2.72. The number of aryl methyl sites for hydroxylation is 1. The Morgan fingerprint density at radius 1 is 0.885 bits per heavy atom. The number of Topliss-reactive ketones (excluding diaryl/α,β-unsaturated/α-hetero) is 1. The van der Waals surface area contributed by atoms with E-state index < -0.39 is 0 Å². The molecule has 1 atom stereocenters. The fraction of sp³-hybridized carbons (Fsp3) is 0.350. The quantitative estimate of drug-likeness (QED) is 0.512. The summed E-state index contributed by atoms with van der Waals surface area (Å²) < 4.78 is 5.41. The van der Waals surface area contributed by atoms with E-state index in [-0.39, 0.29) is 34.9 Å². The topological polar surface area (TPSA) is 107 Å². The Hall–Kier alpha value is -2.73. The Kier molecular flexibility index (Phi) is 6.86. The van der Waals surface area contributed by atoms with Gasteiger partial charge in [0.25, 0.3) is 0 Å². The minimum absolute atomic E-state index is 0.0909. The second-order valence-electron chi connectivity index (χ2n) is 6.29. The van der Waals surface area contributed by atoms with E-state index in [0.717, 1.165) is 11.1 Å². The molecule has 0 aliphatic carbocycles. The van der Waals surface area contributed by atoms with Gasteiger partial charge in [0.1, 0.15) is 5.78 Å².